The Morgan fingerprint density at radius 3 is 2.44 bits per heavy atom. The number of rotatable bonds is 1. The van der Waals surface area contributed by atoms with Gasteiger partial charge in [-0.2, -0.15) is 0 Å². The molecule has 0 aliphatic heterocycles. The van der Waals surface area contributed by atoms with E-state index in [0.717, 1.165) is 22.2 Å². The molecule has 0 radical (unpaired) electrons. The molecule has 2 rings (SSSR count). The van der Waals surface area contributed by atoms with E-state index < -0.39 is 6.10 Å². The second-order valence-corrected chi connectivity index (χ2v) is 4.50. The number of hydrogen-bond donors (Lipinski definition) is 1. The summed E-state index contributed by atoms with van der Waals surface area (Å²) in [5.41, 5.74) is 5.29. The van der Waals surface area contributed by atoms with E-state index >= 15 is 0 Å². The van der Waals surface area contributed by atoms with Crippen LogP contribution in [0.5, 0.6) is 0 Å². The van der Waals surface area contributed by atoms with Gasteiger partial charge in [0.25, 0.3) is 0 Å². The maximum atomic E-state index is 9.81. The summed E-state index contributed by atoms with van der Waals surface area (Å²) in [5.74, 6) is 0. The molecular weight excluding hydrogens is 198 g/mol. The average Bonchev–Trinajstić information content (AvgIpc) is 2.14. The lowest BCUT2D eigenvalue weighted by molar-refractivity contribution is 0.200. The zero-order chi connectivity index (χ0) is 11.9. The van der Waals surface area contributed by atoms with Crippen molar-refractivity contribution < 1.29 is 5.11 Å². The standard InChI is InChI=1S/C14H17NO/c1-8-5-9(2)14-12(11(4)16)7-10(3)15-13(14)6-8/h5-7,11,16H,1-4H3. The van der Waals surface area contributed by atoms with E-state index in [1.807, 2.05) is 13.0 Å². The Kier molecular flexibility index (Phi) is 2.68. The minimum absolute atomic E-state index is 0.453. The molecule has 1 N–H and O–H groups in total. The SMILES string of the molecule is Cc1cc(C)c2c(C(C)O)cc(C)nc2c1. The van der Waals surface area contributed by atoms with Crippen LogP contribution in [-0.4, -0.2) is 10.1 Å². The van der Waals surface area contributed by atoms with Crippen LogP contribution in [0.4, 0.5) is 0 Å². The fraction of sp³-hybridized carbons (Fsp3) is 0.357. The summed E-state index contributed by atoms with van der Waals surface area (Å²) in [6.45, 7) is 7.90. The highest BCUT2D eigenvalue weighted by Gasteiger charge is 2.11. The van der Waals surface area contributed by atoms with Crippen LogP contribution in [0.15, 0.2) is 18.2 Å². The van der Waals surface area contributed by atoms with Crippen LogP contribution in [0, 0.1) is 20.8 Å². The Hall–Kier alpha value is -1.41. The first kappa shape index (κ1) is 11.1. The normalized spacial score (nSPS) is 13.1. The Morgan fingerprint density at radius 1 is 1.12 bits per heavy atom. The molecule has 0 bridgehead atoms. The van der Waals surface area contributed by atoms with Gasteiger partial charge in [0.05, 0.1) is 11.6 Å². The number of benzene rings is 1. The lowest BCUT2D eigenvalue weighted by Crippen LogP contribution is -1.98. The molecule has 0 saturated heterocycles. The summed E-state index contributed by atoms with van der Waals surface area (Å²) in [7, 11) is 0. The van der Waals surface area contributed by atoms with Crippen molar-refractivity contribution >= 4 is 10.9 Å². The topological polar surface area (TPSA) is 33.1 Å². The van der Waals surface area contributed by atoms with Crippen molar-refractivity contribution in [1.82, 2.24) is 4.98 Å². The Balaban J connectivity index is 2.90. The summed E-state index contributed by atoms with van der Waals surface area (Å²) < 4.78 is 0. The zero-order valence-corrected chi connectivity index (χ0v) is 10.2. The Bertz CT molecular complexity index is 539. The highest BCUT2D eigenvalue weighted by atomic mass is 16.3. The smallest absolute Gasteiger partial charge is 0.0769 e. The van der Waals surface area contributed by atoms with Gasteiger partial charge in [-0.1, -0.05) is 6.07 Å². The van der Waals surface area contributed by atoms with Crippen LogP contribution in [-0.2, 0) is 0 Å². The molecule has 0 amide bonds. The van der Waals surface area contributed by atoms with Gasteiger partial charge in [0.1, 0.15) is 0 Å². The number of nitrogens with zero attached hydrogens (tertiary/aromatic N) is 1. The van der Waals surface area contributed by atoms with Gasteiger partial charge in [0.15, 0.2) is 0 Å². The van der Waals surface area contributed by atoms with Crippen molar-refractivity contribution in [1.29, 1.82) is 0 Å². The lowest BCUT2D eigenvalue weighted by Gasteiger charge is -2.13. The van der Waals surface area contributed by atoms with Crippen LogP contribution < -0.4 is 0 Å². The highest BCUT2D eigenvalue weighted by molar-refractivity contribution is 5.86. The molecule has 0 fully saturated rings. The van der Waals surface area contributed by atoms with Crippen molar-refractivity contribution in [2.45, 2.75) is 33.8 Å². The van der Waals surface area contributed by atoms with Gasteiger partial charge in [0.2, 0.25) is 0 Å². The molecule has 1 aromatic heterocycles. The van der Waals surface area contributed by atoms with E-state index in [1.54, 1.807) is 6.92 Å². The summed E-state index contributed by atoms with van der Waals surface area (Å²) in [4.78, 5) is 4.53. The lowest BCUT2D eigenvalue weighted by atomic mass is 9.98. The largest absolute Gasteiger partial charge is 0.389 e. The van der Waals surface area contributed by atoms with Crippen molar-refractivity contribution in [3.05, 3.63) is 40.6 Å². The average molecular weight is 215 g/mol. The molecule has 0 aliphatic carbocycles. The number of aliphatic hydroxyl groups is 1. The van der Waals surface area contributed by atoms with Crippen LogP contribution in [0.3, 0.4) is 0 Å². The highest BCUT2D eigenvalue weighted by Crippen LogP contribution is 2.27. The predicted molar refractivity (Wildman–Crippen MR) is 66.6 cm³/mol. The van der Waals surface area contributed by atoms with Gasteiger partial charge < -0.3 is 5.11 Å². The number of pyridine rings is 1. The van der Waals surface area contributed by atoms with Gasteiger partial charge in [0, 0.05) is 11.1 Å². The van der Waals surface area contributed by atoms with Crippen molar-refractivity contribution in [3.8, 4) is 0 Å². The minimum atomic E-state index is -0.453. The zero-order valence-electron chi connectivity index (χ0n) is 10.2. The third-order valence-electron chi connectivity index (χ3n) is 2.86. The monoisotopic (exact) mass is 215 g/mol. The summed E-state index contributed by atoms with van der Waals surface area (Å²) >= 11 is 0. The molecule has 0 spiro atoms. The first-order valence-electron chi connectivity index (χ1n) is 5.55. The molecule has 84 valence electrons. The van der Waals surface area contributed by atoms with E-state index in [0.29, 0.717) is 0 Å². The molecule has 2 nitrogen and oxygen atoms in total. The minimum Gasteiger partial charge on any atom is -0.389 e. The molecule has 0 saturated carbocycles. The Morgan fingerprint density at radius 2 is 1.81 bits per heavy atom. The molecule has 2 heteroatoms. The van der Waals surface area contributed by atoms with E-state index in [4.69, 9.17) is 0 Å². The molecule has 1 aromatic carbocycles. The number of aromatic nitrogens is 1. The second-order valence-electron chi connectivity index (χ2n) is 4.50. The quantitative estimate of drug-likeness (QED) is 0.792. The van der Waals surface area contributed by atoms with E-state index in [2.05, 4.69) is 31.0 Å². The van der Waals surface area contributed by atoms with Gasteiger partial charge >= 0.3 is 0 Å². The van der Waals surface area contributed by atoms with Crippen LogP contribution in [0.25, 0.3) is 10.9 Å². The molecule has 2 aromatic rings. The van der Waals surface area contributed by atoms with Crippen LogP contribution in [0.2, 0.25) is 0 Å². The Labute approximate surface area is 96.0 Å². The molecule has 0 aliphatic rings. The van der Waals surface area contributed by atoms with E-state index in [9.17, 15) is 5.11 Å². The van der Waals surface area contributed by atoms with Crippen molar-refractivity contribution in [3.63, 3.8) is 0 Å². The van der Waals surface area contributed by atoms with Gasteiger partial charge in [-0.25, -0.2) is 0 Å². The third kappa shape index (κ3) is 1.81. The summed E-state index contributed by atoms with van der Waals surface area (Å²) in [5, 5.41) is 10.9. The van der Waals surface area contributed by atoms with E-state index in [-0.39, 0.29) is 0 Å². The molecule has 1 heterocycles. The third-order valence-corrected chi connectivity index (χ3v) is 2.86. The van der Waals surface area contributed by atoms with E-state index in [1.165, 1.54) is 11.1 Å². The fourth-order valence-electron chi connectivity index (χ4n) is 2.26. The van der Waals surface area contributed by atoms with Crippen molar-refractivity contribution in [2.75, 3.05) is 0 Å². The molecular formula is C14H17NO. The first-order valence-corrected chi connectivity index (χ1v) is 5.55. The van der Waals surface area contributed by atoms with Crippen LogP contribution >= 0.6 is 0 Å². The maximum absolute atomic E-state index is 9.81. The van der Waals surface area contributed by atoms with Gasteiger partial charge in [-0.15, -0.1) is 0 Å². The number of fused-ring (bicyclic) bond motifs is 1. The maximum Gasteiger partial charge on any atom is 0.0769 e. The summed E-state index contributed by atoms with van der Waals surface area (Å²) in [6, 6.07) is 6.17. The number of aryl methyl sites for hydroxylation is 3. The molecule has 1 atom stereocenters. The molecule has 16 heavy (non-hydrogen) atoms. The second kappa shape index (κ2) is 3.87. The fourth-order valence-corrected chi connectivity index (χ4v) is 2.26. The van der Waals surface area contributed by atoms with Gasteiger partial charge in [-0.3, -0.25) is 4.98 Å². The number of aliphatic hydroxyl groups excluding tert-OH is 1. The van der Waals surface area contributed by atoms with Gasteiger partial charge in [-0.05, 0) is 56.5 Å². The van der Waals surface area contributed by atoms with Crippen molar-refractivity contribution in [2.24, 2.45) is 0 Å². The summed E-state index contributed by atoms with van der Waals surface area (Å²) in [6.07, 6.45) is -0.453. The van der Waals surface area contributed by atoms with Crippen LogP contribution in [0.1, 0.15) is 35.4 Å². The first-order chi connectivity index (χ1) is 7.49. The number of hydrogen-bond acceptors (Lipinski definition) is 2. The predicted octanol–water partition coefficient (Wildman–Crippen LogP) is 3.21. The molecule has 1 unspecified atom stereocenters.